The molecule has 4 heteroatoms. The summed E-state index contributed by atoms with van der Waals surface area (Å²) < 4.78 is 10.6. The normalized spacial score (nSPS) is 22.6. The van der Waals surface area contributed by atoms with Crippen LogP contribution in [0.4, 0.5) is 0 Å². The van der Waals surface area contributed by atoms with Crippen LogP contribution in [0, 0.1) is 5.41 Å². The van der Waals surface area contributed by atoms with Crippen LogP contribution in [0.2, 0.25) is 0 Å². The van der Waals surface area contributed by atoms with Gasteiger partial charge in [0.2, 0.25) is 0 Å². The maximum atomic E-state index is 10.8. The van der Waals surface area contributed by atoms with Gasteiger partial charge in [-0.1, -0.05) is 0 Å². The zero-order valence-corrected chi connectivity index (χ0v) is 8.78. The fourth-order valence-electron chi connectivity index (χ4n) is 1.23. The highest BCUT2D eigenvalue weighted by molar-refractivity contribution is 5.73. The Labute approximate surface area is 84.2 Å². The van der Waals surface area contributed by atoms with Crippen molar-refractivity contribution in [2.75, 3.05) is 19.8 Å². The molecule has 0 bridgehead atoms. The molecular formula is C10H18O4. The lowest BCUT2D eigenvalue weighted by Gasteiger charge is -2.19. The van der Waals surface area contributed by atoms with Gasteiger partial charge in [0, 0.05) is 13.2 Å². The van der Waals surface area contributed by atoms with Gasteiger partial charge in [0.15, 0.2) is 0 Å². The average Bonchev–Trinajstić information content (AvgIpc) is 2.56. The zero-order valence-electron chi connectivity index (χ0n) is 8.78. The molecule has 0 radical (unpaired) electrons. The number of rotatable bonds is 5. The van der Waals surface area contributed by atoms with Crippen molar-refractivity contribution in [3.8, 4) is 0 Å². The maximum absolute atomic E-state index is 10.8. The van der Waals surface area contributed by atoms with E-state index in [0.29, 0.717) is 19.6 Å². The van der Waals surface area contributed by atoms with Crippen molar-refractivity contribution in [2.45, 2.75) is 32.8 Å². The van der Waals surface area contributed by atoms with Crippen LogP contribution >= 0.6 is 0 Å². The van der Waals surface area contributed by atoms with Crippen LogP contribution in [0.25, 0.3) is 0 Å². The van der Waals surface area contributed by atoms with E-state index in [1.165, 1.54) is 0 Å². The van der Waals surface area contributed by atoms with Crippen molar-refractivity contribution in [2.24, 2.45) is 5.41 Å². The molecule has 0 aromatic carbocycles. The molecule has 0 aromatic heterocycles. The average molecular weight is 202 g/mol. The Morgan fingerprint density at radius 2 is 2.36 bits per heavy atom. The first kappa shape index (κ1) is 11.5. The van der Waals surface area contributed by atoms with Crippen LogP contribution in [0.15, 0.2) is 0 Å². The van der Waals surface area contributed by atoms with Crippen LogP contribution in [-0.2, 0) is 14.3 Å². The van der Waals surface area contributed by atoms with Gasteiger partial charge in [-0.15, -0.1) is 0 Å². The van der Waals surface area contributed by atoms with Crippen LogP contribution in [0.5, 0.6) is 0 Å². The summed E-state index contributed by atoms with van der Waals surface area (Å²) in [4.78, 5) is 10.8. The van der Waals surface area contributed by atoms with E-state index in [4.69, 9.17) is 14.6 Å². The molecule has 1 fully saturated rings. The van der Waals surface area contributed by atoms with Crippen LogP contribution in [-0.4, -0.2) is 37.0 Å². The van der Waals surface area contributed by atoms with E-state index in [1.54, 1.807) is 13.8 Å². The zero-order chi connectivity index (χ0) is 10.6. The summed E-state index contributed by atoms with van der Waals surface area (Å²) in [6.45, 7) is 5.32. The number of carboxylic acids is 1. The van der Waals surface area contributed by atoms with Crippen molar-refractivity contribution >= 4 is 5.97 Å². The lowest BCUT2D eigenvalue weighted by atomic mass is 9.90. The molecule has 1 rings (SSSR count). The third-order valence-electron chi connectivity index (χ3n) is 2.55. The Hall–Kier alpha value is -0.610. The van der Waals surface area contributed by atoms with Crippen molar-refractivity contribution in [1.82, 2.24) is 0 Å². The second kappa shape index (κ2) is 4.75. The van der Waals surface area contributed by atoms with E-state index >= 15 is 0 Å². The van der Waals surface area contributed by atoms with E-state index < -0.39 is 11.4 Å². The highest BCUT2D eigenvalue weighted by Gasteiger charge is 2.27. The molecule has 1 aliphatic rings. The molecule has 0 aliphatic carbocycles. The monoisotopic (exact) mass is 202 g/mol. The quantitative estimate of drug-likeness (QED) is 0.730. The van der Waals surface area contributed by atoms with Gasteiger partial charge in [0.25, 0.3) is 0 Å². The molecule has 1 atom stereocenters. The van der Waals surface area contributed by atoms with Crippen LogP contribution in [0.1, 0.15) is 26.7 Å². The summed E-state index contributed by atoms with van der Waals surface area (Å²) >= 11 is 0. The van der Waals surface area contributed by atoms with E-state index in [0.717, 1.165) is 13.0 Å². The summed E-state index contributed by atoms with van der Waals surface area (Å²) in [7, 11) is 0. The van der Waals surface area contributed by atoms with E-state index in [9.17, 15) is 4.79 Å². The Kier molecular flexibility index (Phi) is 3.89. The van der Waals surface area contributed by atoms with Gasteiger partial charge in [-0.2, -0.15) is 0 Å². The molecule has 1 unspecified atom stereocenters. The smallest absolute Gasteiger partial charge is 0.309 e. The lowest BCUT2D eigenvalue weighted by Crippen LogP contribution is -2.26. The number of ether oxygens (including phenoxy) is 2. The first-order valence-electron chi connectivity index (χ1n) is 4.95. The first-order valence-corrected chi connectivity index (χ1v) is 4.95. The van der Waals surface area contributed by atoms with Gasteiger partial charge in [0.05, 0.1) is 18.1 Å². The predicted molar refractivity (Wildman–Crippen MR) is 51.2 cm³/mol. The Bertz CT molecular complexity index is 194. The Morgan fingerprint density at radius 1 is 1.64 bits per heavy atom. The summed E-state index contributed by atoms with van der Waals surface area (Å²) in [6.07, 6.45) is 1.63. The Balaban J connectivity index is 2.16. The molecule has 0 saturated carbocycles. The third-order valence-corrected chi connectivity index (χ3v) is 2.55. The topological polar surface area (TPSA) is 55.8 Å². The van der Waals surface area contributed by atoms with E-state index in [-0.39, 0.29) is 6.10 Å². The molecule has 1 aliphatic heterocycles. The largest absolute Gasteiger partial charge is 0.481 e. The molecule has 1 N–H and O–H groups in total. The van der Waals surface area contributed by atoms with E-state index in [2.05, 4.69) is 0 Å². The highest BCUT2D eigenvalue weighted by atomic mass is 16.5. The minimum absolute atomic E-state index is 0.166. The highest BCUT2D eigenvalue weighted by Crippen LogP contribution is 2.21. The molecular weight excluding hydrogens is 184 g/mol. The van der Waals surface area contributed by atoms with Crippen molar-refractivity contribution in [3.05, 3.63) is 0 Å². The van der Waals surface area contributed by atoms with Crippen LogP contribution in [0.3, 0.4) is 0 Å². The van der Waals surface area contributed by atoms with Crippen molar-refractivity contribution < 1.29 is 19.4 Å². The molecule has 82 valence electrons. The fourth-order valence-corrected chi connectivity index (χ4v) is 1.23. The van der Waals surface area contributed by atoms with Gasteiger partial charge < -0.3 is 14.6 Å². The molecule has 0 amide bonds. The van der Waals surface area contributed by atoms with Gasteiger partial charge in [-0.25, -0.2) is 0 Å². The fraction of sp³-hybridized carbons (Fsp3) is 0.900. The number of hydrogen-bond donors (Lipinski definition) is 1. The third kappa shape index (κ3) is 3.27. The lowest BCUT2D eigenvalue weighted by molar-refractivity contribution is -0.148. The van der Waals surface area contributed by atoms with Crippen molar-refractivity contribution in [1.29, 1.82) is 0 Å². The minimum Gasteiger partial charge on any atom is -0.481 e. The SMILES string of the molecule is CC(C)(CCOC1CCOC1)C(=O)O. The summed E-state index contributed by atoms with van der Waals surface area (Å²) in [5.74, 6) is -0.774. The number of carbonyl (C=O) groups is 1. The molecule has 0 spiro atoms. The molecule has 4 nitrogen and oxygen atoms in total. The standard InChI is InChI=1S/C10H18O4/c1-10(2,9(11)12)4-6-14-8-3-5-13-7-8/h8H,3-7H2,1-2H3,(H,11,12). The number of hydrogen-bond acceptors (Lipinski definition) is 3. The number of aliphatic carboxylic acids is 1. The molecule has 14 heavy (non-hydrogen) atoms. The second-order valence-electron chi connectivity index (χ2n) is 4.30. The summed E-state index contributed by atoms with van der Waals surface area (Å²) in [5.41, 5.74) is -0.695. The van der Waals surface area contributed by atoms with Gasteiger partial charge in [0.1, 0.15) is 0 Å². The van der Waals surface area contributed by atoms with Gasteiger partial charge in [-0.3, -0.25) is 4.79 Å². The van der Waals surface area contributed by atoms with Crippen LogP contribution < -0.4 is 0 Å². The first-order chi connectivity index (χ1) is 6.52. The summed E-state index contributed by atoms with van der Waals surface area (Å²) in [5, 5.41) is 8.85. The summed E-state index contributed by atoms with van der Waals surface area (Å²) in [6, 6.07) is 0. The Morgan fingerprint density at radius 3 is 2.86 bits per heavy atom. The van der Waals surface area contributed by atoms with Gasteiger partial charge >= 0.3 is 5.97 Å². The predicted octanol–water partition coefficient (Wildman–Crippen LogP) is 1.29. The van der Waals surface area contributed by atoms with E-state index in [1.807, 2.05) is 0 Å². The molecule has 0 aromatic rings. The minimum atomic E-state index is -0.774. The maximum Gasteiger partial charge on any atom is 0.309 e. The molecule has 1 heterocycles. The number of carboxylic acid groups (broad SMARTS) is 1. The second-order valence-corrected chi connectivity index (χ2v) is 4.30. The molecule has 1 saturated heterocycles. The van der Waals surface area contributed by atoms with Gasteiger partial charge in [-0.05, 0) is 26.7 Å². The van der Waals surface area contributed by atoms with Crippen molar-refractivity contribution in [3.63, 3.8) is 0 Å².